The Bertz CT molecular complexity index is 159. The van der Waals surface area contributed by atoms with Crippen LogP contribution in [0.3, 0.4) is 0 Å². The largest absolute Gasteiger partial charge is 0.316 e. The predicted octanol–water partition coefficient (Wildman–Crippen LogP) is 1.72. The van der Waals surface area contributed by atoms with Crippen molar-refractivity contribution in [1.82, 2.24) is 10.2 Å². The van der Waals surface area contributed by atoms with Crippen LogP contribution >= 0.6 is 0 Å². The van der Waals surface area contributed by atoms with Crippen LogP contribution in [0.4, 0.5) is 0 Å². The topological polar surface area (TPSA) is 15.3 Å². The Kier molecular flexibility index (Phi) is 3.82. The zero-order valence-electron chi connectivity index (χ0n) is 9.47. The molecule has 0 bridgehead atoms. The Morgan fingerprint density at radius 3 is 2.71 bits per heavy atom. The van der Waals surface area contributed by atoms with Crippen molar-refractivity contribution in [3.05, 3.63) is 0 Å². The molecule has 2 nitrogen and oxygen atoms in total. The highest BCUT2D eigenvalue weighted by atomic mass is 15.1. The van der Waals surface area contributed by atoms with Crippen molar-refractivity contribution in [2.24, 2.45) is 11.8 Å². The SMILES string of the molecule is CN1CCC(CCC2CCCNC2)C1. The number of hydrogen-bond donors (Lipinski definition) is 1. The summed E-state index contributed by atoms with van der Waals surface area (Å²) in [4.78, 5) is 2.48. The average Bonchev–Trinajstić information content (AvgIpc) is 2.63. The Morgan fingerprint density at radius 2 is 2.07 bits per heavy atom. The molecule has 2 aliphatic heterocycles. The Labute approximate surface area is 88.1 Å². The maximum absolute atomic E-state index is 3.51. The summed E-state index contributed by atoms with van der Waals surface area (Å²) in [7, 11) is 2.25. The van der Waals surface area contributed by atoms with Gasteiger partial charge in [0, 0.05) is 6.54 Å². The third kappa shape index (κ3) is 2.96. The normalized spacial score (nSPS) is 34.9. The maximum atomic E-state index is 3.51. The molecule has 1 N–H and O–H groups in total. The molecule has 0 aromatic rings. The van der Waals surface area contributed by atoms with E-state index >= 15 is 0 Å². The molecule has 2 rings (SSSR count). The zero-order valence-corrected chi connectivity index (χ0v) is 9.47. The highest BCUT2D eigenvalue weighted by Gasteiger charge is 2.21. The summed E-state index contributed by atoms with van der Waals surface area (Å²) in [5.41, 5.74) is 0. The standard InChI is InChI=1S/C12H24N2/c1-14-8-6-12(10-14)5-4-11-3-2-7-13-9-11/h11-13H,2-10H2,1H3. The van der Waals surface area contributed by atoms with Crippen LogP contribution in [0, 0.1) is 11.8 Å². The number of likely N-dealkylation sites (tertiary alicyclic amines) is 1. The van der Waals surface area contributed by atoms with E-state index in [0.29, 0.717) is 0 Å². The molecule has 2 aliphatic rings. The van der Waals surface area contributed by atoms with Crippen molar-refractivity contribution in [3.8, 4) is 0 Å². The molecule has 0 aromatic heterocycles. The van der Waals surface area contributed by atoms with Crippen LogP contribution in [0.2, 0.25) is 0 Å². The second kappa shape index (κ2) is 5.13. The van der Waals surface area contributed by atoms with Crippen molar-refractivity contribution in [1.29, 1.82) is 0 Å². The molecule has 0 aromatic carbocycles. The van der Waals surface area contributed by atoms with Gasteiger partial charge >= 0.3 is 0 Å². The van der Waals surface area contributed by atoms with Crippen LogP contribution < -0.4 is 5.32 Å². The van der Waals surface area contributed by atoms with Gasteiger partial charge in [-0.3, -0.25) is 0 Å². The van der Waals surface area contributed by atoms with Crippen LogP contribution in [0.15, 0.2) is 0 Å². The number of rotatable bonds is 3. The molecule has 2 fully saturated rings. The lowest BCUT2D eigenvalue weighted by Crippen LogP contribution is -2.30. The minimum Gasteiger partial charge on any atom is -0.316 e. The Balaban J connectivity index is 1.61. The number of piperidine rings is 1. The molecule has 14 heavy (non-hydrogen) atoms. The summed E-state index contributed by atoms with van der Waals surface area (Å²) in [6.45, 7) is 5.21. The first-order valence-electron chi connectivity index (χ1n) is 6.24. The maximum Gasteiger partial charge on any atom is 0.000709 e. The third-order valence-electron chi connectivity index (χ3n) is 3.87. The van der Waals surface area contributed by atoms with Crippen LogP contribution in [0.1, 0.15) is 32.1 Å². The monoisotopic (exact) mass is 196 g/mol. The van der Waals surface area contributed by atoms with Crippen LogP contribution in [0.5, 0.6) is 0 Å². The highest BCUT2D eigenvalue weighted by molar-refractivity contribution is 4.76. The van der Waals surface area contributed by atoms with Crippen LogP contribution in [-0.4, -0.2) is 38.1 Å². The van der Waals surface area contributed by atoms with Gasteiger partial charge in [0.05, 0.1) is 0 Å². The summed E-state index contributed by atoms with van der Waals surface area (Å²) >= 11 is 0. The van der Waals surface area contributed by atoms with E-state index in [9.17, 15) is 0 Å². The molecule has 0 spiro atoms. The number of nitrogens with one attached hydrogen (secondary N) is 1. The molecule has 0 saturated carbocycles. The predicted molar refractivity (Wildman–Crippen MR) is 60.4 cm³/mol. The zero-order chi connectivity index (χ0) is 9.80. The summed E-state index contributed by atoms with van der Waals surface area (Å²) < 4.78 is 0. The summed E-state index contributed by atoms with van der Waals surface area (Å²) in [5, 5.41) is 3.51. The van der Waals surface area contributed by atoms with Gasteiger partial charge in [-0.25, -0.2) is 0 Å². The van der Waals surface area contributed by atoms with E-state index in [1.807, 2.05) is 0 Å². The summed E-state index contributed by atoms with van der Waals surface area (Å²) in [6, 6.07) is 0. The van der Waals surface area contributed by atoms with Crippen molar-refractivity contribution in [2.45, 2.75) is 32.1 Å². The van der Waals surface area contributed by atoms with E-state index in [1.165, 1.54) is 58.3 Å². The van der Waals surface area contributed by atoms with Crippen LogP contribution in [0.25, 0.3) is 0 Å². The van der Waals surface area contributed by atoms with Gasteiger partial charge in [0.1, 0.15) is 0 Å². The van der Waals surface area contributed by atoms with Gasteiger partial charge in [-0.15, -0.1) is 0 Å². The van der Waals surface area contributed by atoms with E-state index in [4.69, 9.17) is 0 Å². The van der Waals surface area contributed by atoms with Gasteiger partial charge < -0.3 is 10.2 Å². The molecule has 2 saturated heterocycles. The first-order valence-corrected chi connectivity index (χ1v) is 6.24. The average molecular weight is 196 g/mol. The fraction of sp³-hybridized carbons (Fsp3) is 1.00. The van der Waals surface area contributed by atoms with Gasteiger partial charge in [-0.05, 0) is 70.6 Å². The van der Waals surface area contributed by atoms with Gasteiger partial charge in [-0.2, -0.15) is 0 Å². The van der Waals surface area contributed by atoms with E-state index in [0.717, 1.165) is 11.8 Å². The first-order chi connectivity index (χ1) is 6.84. The fourth-order valence-electron chi connectivity index (χ4n) is 2.90. The summed E-state index contributed by atoms with van der Waals surface area (Å²) in [6.07, 6.45) is 7.24. The molecule has 2 unspecified atom stereocenters. The van der Waals surface area contributed by atoms with Crippen molar-refractivity contribution >= 4 is 0 Å². The van der Waals surface area contributed by atoms with E-state index in [-0.39, 0.29) is 0 Å². The minimum absolute atomic E-state index is 0.981. The van der Waals surface area contributed by atoms with Crippen molar-refractivity contribution in [2.75, 3.05) is 33.2 Å². The Hall–Kier alpha value is -0.0800. The third-order valence-corrected chi connectivity index (χ3v) is 3.87. The lowest BCUT2D eigenvalue weighted by Gasteiger charge is -2.23. The summed E-state index contributed by atoms with van der Waals surface area (Å²) in [5.74, 6) is 1.98. The van der Waals surface area contributed by atoms with E-state index < -0.39 is 0 Å². The molecule has 82 valence electrons. The number of nitrogens with zero attached hydrogens (tertiary/aromatic N) is 1. The van der Waals surface area contributed by atoms with E-state index in [1.54, 1.807) is 0 Å². The fourth-order valence-corrected chi connectivity index (χ4v) is 2.90. The van der Waals surface area contributed by atoms with Crippen molar-refractivity contribution in [3.63, 3.8) is 0 Å². The van der Waals surface area contributed by atoms with Gasteiger partial charge in [-0.1, -0.05) is 0 Å². The van der Waals surface area contributed by atoms with Gasteiger partial charge in [0.15, 0.2) is 0 Å². The molecule has 0 amide bonds. The quantitative estimate of drug-likeness (QED) is 0.739. The first kappa shape index (κ1) is 10.4. The molecular weight excluding hydrogens is 172 g/mol. The van der Waals surface area contributed by atoms with Crippen LogP contribution in [-0.2, 0) is 0 Å². The Morgan fingerprint density at radius 1 is 1.21 bits per heavy atom. The lowest BCUT2D eigenvalue weighted by atomic mass is 9.90. The van der Waals surface area contributed by atoms with Gasteiger partial charge in [0.2, 0.25) is 0 Å². The highest BCUT2D eigenvalue weighted by Crippen LogP contribution is 2.24. The lowest BCUT2D eigenvalue weighted by molar-refractivity contribution is 0.318. The molecule has 2 heteroatoms. The second-order valence-electron chi connectivity index (χ2n) is 5.21. The molecule has 2 heterocycles. The molecular formula is C12H24N2. The van der Waals surface area contributed by atoms with E-state index in [2.05, 4.69) is 17.3 Å². The molecule has 2 atom stereocenters. The molecule has 0 aliphatic carbocycles. The molecule has 0 radical (unpaired) electrons. The minimum atomic E-state index is 0.981. The number of hydrogen-bond acceptors (Lipinski definition) is 2. The smallest absolute Gasteiger partial charge is 0.000709 e. The van der Waals surface area contributed by atoms with Gasteiger partial charge in [0.25, 0.3) is 0 Å². The van der Waals surface area contributed by atoms with Crippen molar-refractivity contribution < 1.29 is 0 Å². The second-order valence-corrected chi connectivity index (χ2v) is 5.21.